The summed E-state index contributed by atoms with van der Waals surface area (Å²) in [5.41, 5.74) is 1.82. The number of carbonyl (C=O) groups is 1. The van der Waals surface area contributed by atoms with Gasteiger partial charge in [-0.3, -0.25) is 9.69 Å². The predicted octanol–water partition coefficient (Wildman–Crippen LogP) is 2.14. The Morgan fingerprint density at radius 1 is 1.33 bits per heavy atom. The molecule has 0 radical (unpaired) electrons. The summed E-state index contributed by atoms with van der Waals surface area (Å²) in [5, 5.41) is 4.00. The molecule has 24 heavy (non-hydrogen) atoms. The Morgan fingerprint density at radius 3 is 2.79 bits per heavy atom. The first-order valence-corrected chi connectivity index (χ1v) is 8.95. The minimum atomic E-state index is -0.0873. The second-order valence-electron chi connectivity index (χ2n) is 7.51. The smallest absolute Gasteiger partial charge is 0.223 e. The molecule has 134 valence electrons. The zero-order chi connectivity index (χ0) is 17.3. The number of amides is 1. The summed E-state index contributed by atoms with van der Waals surface area (Å²) < 4.78 is 11.1. The molecule has 6 heteroatoms. The Morgan fingerprint density at radius 2 is 2.12 bits per heavy atom. The first-order chi connectivity index (χ1) is 11.4. The van der Waals surface area contributed by atoms with Gasteiger partial charge in [0, 0.05) is 43.1 Å². The largest absolute Gasteiger partial charge is 0.379 e. The third-order valence-corrected chi connectivity index (χ3v) is 5.62. The van der Waals surface area contributed by atoms with Crippen molar-refractivity contribution >= 4 is 5.91 Å². The van der Waals surface area contributed by atoms with Gasteiger partial charge in [0.25, 0.3) is 0 Å². The highest BCUT2D eigenvalue weighted by Crippen LogP contribution is 2.36. The quantitative estimate of drug-likeness (QED) is 0.844. The molecule has 0 saturated carbocycles. The van der Waals surface area contributed by atoms with E-state index in [4.69, 9.17) is 9.26 Å². The maximum absolute atomic E-state index is 12.7. The topological polar surface area (TPSA) is 58.8 Å². The van der Waals surface area contributed by atoms with E-state index in [0.717, 1.165) is 49.7 Å². The van der Waals surface area contributed by atoms with E-state index in [-0.39, 0.29) is 11.3 Å². The van der Waals surface area contributed by atoms with E-state index in [9.17, 15) is 4.79 Å². The van der Waals surface area contributed by atoms with Crippen molar-refractivity contribution < 1.29 is 14.1 Å². The number of aromatic nitrogens is 1. The summed E-state index contributed by atoms with van der Waals surface area (Å²) in [6.07, 6.45) is 1.69. The van der Waals surface area contributed by atoms with Crippen LogP contribution in [-0.4, -0.2) is 59.8 Å². The summed E-state index contributed by atoms with van der Waals surface area (Å²) in [7, 11) is 0. The first kappa shape index (κ1) is 17.4. The second kappa shape index (κ2) is 6.84. The molecule has 1 spiro atoms. The molecule has 0 aliphatic carbocycles. The molecule has 3 heterocycles. The molecule has 6 nitrogen and oxygen atoms in total. The van der Waals surface area contributed by atoms with Crippen LogP contribution in [-0.2, 0) is 16.1 Å². The average Bonchev–Trinajstić information content (AvgIpc) is 2.93. The molecular weight excluding hydrogens is 306 g/mol. The first-order valence-electron chi connectivity index (χ1n) is 8.95. The van der Waals surface area contributed by atoms with Gasteiger partial charge in [0.05, 0.1) is 25.5 Å². The summed E-state index contributed by atoms with van der Waals surface area (Å²) >= 11 is 0. The van der Waals surface area contributed by atoms with Crippen molar-refractivity contribution in [1.29, 1.82) is 0 Å². The van der Waals surface area contributed by atoms with Crippen LogP contribution in [0.5, 0.6) is 0 Å². The lowest BCUT2D eigenvalue weighted by atomic mass is 9.87. The van der Waals surface area contributed by atoms with Crippen LogP contribution in [0.2, 0.25) is 0 Å². The van der Waals surface area contributed by atoms with Gasteiger partial charge in [0.2, 0.25) is 5.91 Å². The predicted molar refractivity (Wildman–Crippen MR) is 90.6 cm³/mol. The maximum atomic E-state index is 12.7. The molecule has 1 aromatic heterocycles. The van der Waals surface area contributed by atoms with Gasteiger partial charge in [-0.25, -0.2) is 0 Å². The lowest BCUT2D eigenvalue weighted by Crippen LogP contribution is -2.44. The molecular formula is C18H29N3O3. The number of rotatable bonds is 4. The molecule has 1 amide bonds. The fraction of sp³-hybridized carbons (Fsp3) is 0.778. The monoisotopic (exact) mass is 335 g/mol. The SMILES string of the molecule is CC[C@H](C)N1CCOC[C@]2(CC(=O)N(Cc3c(C)noc3C)C2)C1. The molecule has 3 rings (SSSR count). The van der Waals surface area contributed by atoms with Crippen molar-refractivity contribution in [2.75, 3.05) is 32.8 Å². The molecule has 1 aromatic rings. The summed E-state index contributed by atoms with van der Waals surface area (Å²) in [6, 6.07) is 0.523. The fourth-order valence-corrected chi connectivity index (χ4v) is 3.91. The maximum Gasteiger partial charge on any atom is 0.223 e. The highest BCUT2D eigenvalue weighted by Gasteiger charge is 2.46. The molecule has 0 aromatic carbocycles. The highest BCUT2D eigenvalue weighted by atomic mass is 16.5. The highest BCUT2D eigenvalue weighted by molar-refractivity contribution is 5.79. The number of likely N-dealkylation sites (tertiary alicyclic amines) is 1. The van der Waals surface area contributed by atoms with E-state index < -0.39 is 0 Å². The van der Waals surface area contributed by atoms with Crippen LogP contribution in [0.4, 0.5) is 0 Å². The average molecular weight is 335 g/mol. The number of aryl methyl sites for hydroxylation is 2. The number of hydrogen-bond donors (Lipinski definition) is 0. The molecule has 0 unspecified atom stereocenters. The van der Waals surface area contributed by atoms with Crippen molar-refractivity contribution in [3.8, 4) is 0 Å². The van der Waals surface area contributed by atoms with E-state index in [1.807, 2.05) is 18.7 Å². The van der Waals surface area contributed by atoms with Gasteiger partial charge in [-0.2, -0.15) is 0 Å². The summed E-state index contributed by atoms with van der Waals surface area (Å²) in [6.45, 7) is 13.0. The standard InChI is InChI=1S/C18H29N3O3/c1-5-13(2)20-6-7-23-12-18(10-20)8-17(22)21(11-18)9-16-14(3)19-24-15(16)4/h13H,5-12H2,1-4H3/t13-,18+/m0/s1. The van der Waals surface area contributed by atoms with Gasteiger partial charge in [-0.05, 0) is 27.2 Å². The normalized spacial score (nSPS) is 27.0. The van der Waals surface area contributed by atoms with Crippen LogP contribution in [0.15, 0.2) is 4.52 Å². The van der Waals surface area contributed by atoms with Crippen LogP contribution in [0.3, 0.4) is 0 Å². The number of carbonyl (C=O) groups excluding carboxylic acids is 1. The van der Waals surface area contributed by atoms with E-state index in [1.165, 1.54) is 0 Å². The lowest BCUT2D eigenvalue weighted by Gasteiger charge is -2.34. The summed E-state index contributed by atoms with van der Waals surface area (Å²) in [4.78, 5) is 17.1. The van der Waals surface area contributed by atoms with Crippen molar-refractivity contribution in [3.05, 3.63) is 17.0 Å². The van der Waals surface area contributed by atoms with Crippen LogP contribution in [0.25, 0.3) is 0 Å². The van der Waals surface area contributed by atoms with E-state index in [0.29, 0.717) is 25.6 Å². The molecule has 2 saturated heterocycles. The van der Waals surface area contributed by atoms with Crippen LogP contribution < -0.4 is 0 Å². The Balaban J connectivity index is 1.74. The van der Waals surface area contributed by atoms with Crippen molar-refractivity contribution in [1.82, 2.24) is 15.0 Å². The molecule has 2 fully saturated rings. The lowest BCUT2D eigenvalue weighted by molar-refractivity contribution is -0.128. The van der Waals surface area contributed by atoms with Gasteiger partial charge >= 0.3 is 0 Å². The van der Waals surface area contributed by atoms with E-state index >= 15 is 0 Å². The Labute approximate surface area is 144 Å². The molecule has 0 N–H and O–H groups in total. The zero-order valence-electron chi connectivity index (χ0n) is 15.3. The fourth-order valence-electron chi connectivity index (χ4n) is 3.91. The Bertz CT molecular complexity index is 581. The van der Waals surface area contributed by atoms with Crippen LogP contribution in [0.1, 0.15) is 43.7 Å². The summed E-state index contributed by atoms with van der Waals surface area (Å²) in [5.74, 6) is 1.02. The van der Waals surface area contributed by atoms with Gasteiger partial charge in [-0.1, -0.05) is 12.1 Å². The number of nitrogens with zero attached hydrogens (tertiary/aromatic N) is 3. The van der Waals surface area contributed by atoms with Gasteiger partial charge in [-0.15, -0.1) is 0 Å². The van der Waals surface area contributed by atoms with Crippen LogP contribution in [0, 0.1) is 19.3 Å². The zero-order valence-corrected chi connectivity index (χ0v) is 15.3. The van der Waals surface area contributed by atoms with Crippen LogP contribution >= 0.6 is 0 Å². The van der Waals surface area contributed by atoms with Crippen molar-refractivity contribution in [2.24, 2.45) is 5.41 Å². The third-order valence-electron chi connectivity index (χ3n) is 5.62. The van der Waals surface area contributed by atoms with Crippen molar-refractivity contribution in [2.45, 2.75) is 53.1 Å². The second-order valence-corrected chi connectivity index (χ2v) is 7.51. The molecule has 2 atom stereocenters. The van der Waals surface area contributed by atoms with Crippen molar-refractivity contribution in [3.63, 3.8) is 0 Å². The minimum Gasteiger partial charge on any atom is -0.379 e. The van der Waals surface area contributed by atoms with E-state index in [2.05, 4.69) is 23.9 Å². The van der Waals surface area contributed by atoms with Gasteiger partial charge in [0.15, 0.2) is 0 Å². The Kier molecular flexibility index (Phi) is 4.97. The molecule has 2 aliphatic heterocycles. The van der Waals surface area contributed by atoms with Gasteiger partial charge < -0.3 is 14.2 Å². The van der Waals surface area contributed by atoms with E-state index in [1.54, 1.807) is 0 Å². The number of ether oxygens (including phenoxy) is 1. The Hall–Kier alpha value is -1.40. The van der Waals surface area contributed by atoms with Gasteiger partial charge in [0.1, 0.15) is 5.76 Å². The molecule has 2 aliphatic rings. The number of hydrogen-bond acceptors (Lipinski definition) is 5. The minimum absolute atomic E-state index is 0.0873. The third kappa shape index (κ3) is 3.35. The molecule has 0 bridgehead atoms.